The molecule has 0 spiro atoms. The minimum absolute atomic E-state index is 0.0244. The molecular weight excluding hydrogens is 360 g/mol. The molecule has 6 heteroatoms. The molecule has 8 unspecified atom stereocenters. The van der Waals surface area contributed by atoms with Gasteiger partial charge < -0.3 is 14.9 Å². The van der Waals surface area contributed by atoms with Gasteiger partial charge in [-0.05, 0) is 43.1 Å². The van der Waals surface area contributed by atoms with E-state index < -0.39 is 24.3 Å². The Morgan fingerprint density at radius 2 is 1.89 bits per heavy atom. The van der Waals surface area contributed by atoms with Crippen LogP contribution in [0.25, 0.3) is 0 Å². The predicted octanol–water partition coefficient (Wildman–Crippen LogP) is 1.74. The number of ketones is 2. The summed E-state index contributed by atoms with van der Waals surface area (Å²) in [6.07, 6.45) is 3.50. The molecule has 5 rings (SSSR count). The van der Waals surface area contributed by atoms with Gasteiger partial charge in [-0.25, -0.2) is 4.79 Å². The number of Topliss-reactive ketones (excluding diaryl/α,β-unsaturated/α-hetero) is 2. The first-order chi connectivity index (χ1) is 13.3. The smallest absolute Gasteiger partial charge is 0.336 e. The second-order valence-corrected chi connectivity index (χ2v) is 9.03. The van der Waals surface area contributed by atoms with Gasteiger partial charge in [-0.1, -0.05) is 19.1 Å². The average Bonchev–Trinajstić information content (AvgIpc) is 2.87. The lowest BCUT2D eigenvalue weighted by Crippen LogP contribution is -2.43. The molecule has 0 amide bonds. The number of fused-ring (bicyclic) bond motifs is 5. The number of aliphatic hydroxyl groups is 2. The lowest BCUT2D eigenvalue weighted by Gasteiger charge is -2.42. The summed E-state index contributed by atoms with van der Waals surface area (Å²) in [7, 11) is 0. The van der Waals surface area contributed by atoms with Gasteiger partial charge in [0, 0.05) is 31.1 Å². The van der Waals surface area contributed by atoms with E-state index in [0.717, 1.165) is 0 Å². The Hall–Kier alpha value is -1.79. The molecule has 2 bridgehead atoms. The summed E-state index contributed by atoms with van der Waals surface area (Å²) in [4.78, 5) is 37.5. The van der Waals surface area contributed by atoms with E-state index in [1.807, 2.05) is 19.1 Å². The number of hydrogen-bond donors (Lipinski definition) is 2. The molecule has 2 fully saturated rings. The molecule has 152 valence electrons. The number of rotatable bonds is 2. The first-order valence-electron chi connectivity index (χ1n) is 10.3. The summed E-state index contributed by atoms with van der Waals surface area (Å²) in [5.41, 5.74) is 0.822. The topological polar surface area (TPSA) is 101 Å². The largest absolute Gasteiger partial charge is 0.459 e. The Balaban J connectivity index is 1.88. The Bertz CT molecular complexity index is 765. The third-order valence-corrected chi connectivity index (χ3v) is 6.97. The van der Waals surface area contributed by atoms with Crippen LogP contribution in [0.5, 0.6) is 0 Å². The maximum Gasteiger partial charge on any atom is 0.336 e. The second kappa shape index (κ2) is 7.23. The van der Waals surface area contributed by atoms with Crippen molar-refractivity contribution in [2.75, 3.05) is 0 Å². The zero-order valence-electron chi connectivity index (χ0n) is 16.3. The maximum absolute atomic E-state index is 12.8. The van der Waals surface area contributed by atoms with Crippen LogP contribution in [0.4, 0.5) is 0 Å². The first-order valence-corrected chi connectivity index (χ1v) is 10.3. The van der Waals surface area contributed by atoms with E-state index in [1.165, 1.54) is 6.92 Å². The zero-order valence-corrected chi connectivity index (χ0v) is 16.3. The molecular formula is C22H28O6. The fourth-order valence-electron chi connectivity index (χ4n) is 5.89. The summed E-state index contributed by atoms with van der Waals surface area (Å²) in [6, 6.07) is 0. The number of esters is 1. The lowest BCUT2D eigenvalue weighted by atomic mass is 9.64. The Labute approximate surface area is 164 Å². The summed E-state index contributed by atoms with van der Waals surface area (Å²) in [5.74, 6) is -1.12. The van der Waals surface area contributed by atoms with Crippen molar-refractivity contribution in [1.29, 1.82) is 0 Å². The van der Waals surface area contributed by atoms with E-state index >= 15 is 0 Å². The van der Waals surface area contributed by atoms with Gasteiger partial charge in [0.2, 0.25) is 0 Å². The van der Waals surface area contributed by atoms with E-state index in [1.54, 1.807) is 0 Å². The summed E-state index contributed by atoms with van der Waals surface area (Å²) < 4.78 is 5.50. The van der Waals surface area contributed by atoms with Gasteiger partial charge in [-0.15, -0.1) is 0 Å². The Morgan fingerprint density at radius 1 is 1.14 bits per heavy atom. The number of allylic oxidation sites excluding steroid dienone is 3. The number of aliphatic hydroxyl groups excluding tert-OH is 2. The van der Waals surface area contributed by atoms with E-state index in [9.17, 15) is 24.6 Å². The van der Waals surface area contributed by atoms with Gasteiger partial charge in [-0.3, -0.25) is 9.59 Å². The fourth-order valence-corrected chi connectivity index (χ4v) is 5.89. The molecule has 1 saturated carbocycles. The van der Waals surface area contributed by atoms with Gasteiger partial charge in [0.05, 0.1) is 17.8 Å². The zero-order chi connectivity index (χ0) is 20.2. The molecule has 2 aliphatic heterocycles. The van der Waals surface area contributed by atoms with Crippen LogP contribution in [-0.2, 0) is 19.1 Å². The molecule has 6 nitrogen and oxygen atoms in total. The quantitative estimate of drug-likeness (QED) is 0.552. The van der Waals surface area contributed by atoms with Crippen molar-refractivity contribution in [2.45, 2.75) is 64.3 Å². The van der Waals surface area contributed by atoms with Crippen LogP contribution in [0.15, 0.2) is 23.3 Å². The van der Waals surface area contributed by atoms with Crippen molar-refractivity contribution in [3.63, 3.8) is 0 Å². The summed E-state index contributed by atoms with van der Waals surface area (Å²) in [5, 5.41) is 21.4. The molecule has 2 N–H and O–H groups in total. The van der Waals surface area contributed by atoms with Crippen molar-refractivity contribution in [3.05, 3.63) is 23.3 Å². The van der Waals surface area contributed by atoms with E-state index in [4.69, 9.17) is 4.74 Å². The van der Waals surface area contributed by atoms with Crippen LogP contribution in [0, 0.1) is 29.6 Å². The van der Waals surface area contributed by atoms with Gasteiger partial charge in [0.25, 0.3) is 0 Å². The SMILES string of the molecule is CC(=O)CC1=C2C(=O)OC(CC(O)CC3C=CC4C(=O)C(C)CC4C13)CC2O. The highest BCUT2D eigenvalue weighted by Gasteiger charge is 2.50. The predicted molar refractivity (Wildman–Crippen MR) is 100.0 cm³/mol. The number of hydrogen-bond acceptors (Lipinski definition) is 6. The normalized spacial score (nSPS) is 42.9. The Morgan fingerprint density at radius 3 is 2.57 bits per heavy atom. The van der Waals surface area contributed by atoms with Crippen molar-refractivity contribution < 1.29 is 29.3 Å². The van der Waals surface area contributed by atoms with Crippen molar-refractivity contribution in [2.24, 2.45) is 29.6 Å². The standard InChI is InChI=1S/C22H28O6/c1-10-5-16-15(21(10)26)4-3-12-7-13(24)8-14-9-18(25)20(22(27)28-14)17(19(12)16)6-11(2)23/h3-4,10,12-16,18-19,24-25H,5-9H2,1-2H3. The van der Waals surface area contributed by atoms with Crippen molar-refractivity contribution in [1.82, 2.24) is 0 Å². The number of carbonyl (C=O) groups is 3. The van der Waals surface area contributed by atoms with E-state index in [0.29, 0.717) is 24.8 Å². The maximum atomic E-state index is 12.8. The molecule has 2 heterocycles. The van der Waals surface area contributed by atoms with Crippen LogP contribution in [-0.4, -0.2) is 46.1 Å². The third-order valence-electron chi connectivity index (χ3n) is 6.97. The fraction of sp³-hybridized carbons (Fsp3) is 0.682. The number of ether oxygens (including phenoxy) is 1. The molecule has 28 heavy (non-hydrogen) atoms. The van der Waals surface area contributed by atoms with E-state index in [2.05, 4.69) is 0 Å². The minimum atomic E-state index is -1.01. The Kier molecular flexibility index (Phi) is 5.04. The van der Waals surface area contributed by atoms with Gasteiger partial charge in [0.15, 0.2) is 0 Å². The van der Waals surface area contributed by atoms with Crippen LogP contribution in [0.1, 0.15) is 46.0 Å². The third kappa shape index (κ3) is 3.26. The van der Waals surface area contributed by atoms with Crippen molar-refractivity contribution in [3.8, 4) is 0 Å². The highest BCUT2D eigenvalue weighted by molar-refractivity contribution is 5.93. The molecule has 8 atom stereocenters. The van der Waals surface area contributed by atoms with Gasteiger partial charge in [0.1, 0.15) is 17.7 Å². The lowest BCUT2D eigenvalue weighted by molar-refractivity contribution is -0.154. The molecule has 5 aliphatic rings. The van der Waals surface area contributed by atoms with Crippen LogP contribution in [0.2, 0.25) is 0 Å². The molecule has 3 aliphatic carbocycles. The van der Waals surface area contributed by atoms with Crippen LogP contribution < -0.4 is 0 Å². The molecule has 0 aromatic carbocycles. The van der Waals surface area contributed by atoms with Crippen LogP contribution >= 0.6 is 0 Å². The number of carbonyl (C=O) groups excluding carboxylic acids is 3. The van der Waals surface area contributed by atoms with Crippen molar-refractivity contribution >= 4 is 17.5 Å². The highest BCUT2D eigenvalue weighted by atomic mass is 16.5. The minimum Gasteiger partial charge on any atom is -0.459 e. The highest BCUT2D eigenvalue weighted by Crippen LogP contribution is 2.51. The van der Waals surface area contributed by atoms with Gasteiger partial charge >= 0.3 is 5.97 Å². The molecule has 0 aromatic heterocycles. The second-order valence-electron chi connectivity index (χ2n) is 9.03. The van der Waals surface area contributed by atoms with Gasteiger partial charge in [-0.2, -0.15) is 0 Å². The molecule has 1 saturated heterocycles. The first kappa shape index (κ1) is 19.5. The summed E-state index contributed by atoms with van der Waals surface area (Å²) in [6.45, 7) is 3.39. The van der Waals surface area contributed by atoms with Crippen LogP contribution in [0.3, 0.4) is 0 Å². The summed E-state index contributed by atoms with van der Waals surface area (Å²) >= 11 is 0. The molecule has 0 radical (unpaired) electrons. The van der Waals surface area contributed by atoms with E-state index in [-0.39, 0.29) is 59.6 Å². The molecule has 0 aromatic rings. The average molecular weight is 388 g/mol. The monoisotopic (exact) mass is 388 g/mol.